The summed E-state index contributed by atoms with van der Waals surface area (Å²) in [6, 6.07) is 20.4. The molecule has 1 N–H and O–H groups in total. The summed E-state index contributed by atoms with van der Waals surface area (Å²) in [4.78, 5) is 15.3. The SMILES string of the molecule is O=S(=O)(c1cccc2ccccc12)N1CCN(c2cc(Nc3ccccn3)ncn2)CC1. The van der Waals surface area contributed by atoms with Crippen molar-refractivity contribution < 1.29 is 8.42 Å². The van der Waals surface area contributed by atoms with Crippen LogP contribution in [0.1, 0.15) is 0 Å². The normalized spacial score (nSPS) is 15.1. The lowest BCUT2D eigenvalue weighted by molar-refractivity contribution is 0.384. The van der Waals surface area contributed by atoms with Crippen molar-refractivity contribution in [2.75, 3.05) is 36.4 Å². The van der Waals surface area contributed by atoms with Crippen LogP contribution in [0.25, 0.3) is 10.8 Å². The number of anilines is 3. The standard InChI is InChI=1S/C23H22N6O2S/c30-32(31,20-9-5-7-18-6-1-2-8-19(18)20)29-14-12-28(13-15-29)23-16-22(25-17-26-23)27-21-10-3-4-11-24-21/h1-11,16-17H,12-15H2,(H,24,25,26,27). The summed E-state index contributed by atoms with van der Waals surface area (Å²) < 4.78 is 28.3. The van der Waals surface area contributed by atoms with Crippen LogP contribution in [0.5, 0.6) is 0 Å². The Morgan fingerprint density at radius 1 is 0.781 bits per heavy atom. The molecule has 5 rings (SSSR count). The number of hydrogen-bond donors (Lipinski definition) is 1. The number of hydrogen-bond acceptors (Lipinski definition) is 7. The molecule has 9 heteroatoms. The van der Waals surface area contributed by atoms with Gasteiger partial charge in [-0.05, 0) is 23.6 Å². The van der Waals surface area contributed by atoms with Crippen molar-refractivity contribution in [3.63, 3.8) is 0 Å². The van der Waals surface area contributed by atoms with Crippen LogP contribution in [-0.2, 0) is 10.0 Å². The van der Waals surface area contributed by atoms with E-state index < -0.39 is 10.0 Å². The quantitative estimate of drug-likeness (QED) is 0.503. The maximum Gasteiger partial charge on any atom is 0.243 e. The summed E-state index contributed by atoms with van der Waals surface area (Å²) in [6.45, 7) is 1.87. The number of aromatic nitrogens is 3. The molecule has 0 amide bonds. The average Bonchev–Trinajstić information content (AvgIpc) is 2.84. The predicted molar refractivity (Wildman–Crippen MR) is 124 cm³/mol. The van der Waals surface area contributed by atoms with Gasteiger partial charge in [0, 0.05) is 43.8 Å². The van der Waals surface area contributed by atoms with Crippen molar-refractivity contribution in [3.8, 4) is 0 Å². The highest BCUT2D eigenvalue weighted by Crippen LogP contribution is 2.27. The number of nitrogens with zero attached hydrogens (tertiary/aromatic N) is 5. The summed E-state index contributed by atoms with van der Waals surface area (Å²) in [7, 11) is -3.59. The minimum Gasteiger partial charge on any atom is -0.354 e. The van der Waals surface area contributed by atoms with E-state index in [2.05, 4.69) is 25.2 Å². The van der Waals surface area contributed by atoms with Crippen molar-refractivity contribution in [1.82, 2.24) is 19.3 Å². The van der Waals surface area contributed by atoms with E-state index in [1.165, 1.54) is 6.33 Å². The van der Waals surface area contributed by atoms with Gasteiger partial charge < -0.3 is 10.2 Å². The van der Waals surface area contributed by atoms with Gasteiger partial charge in [-0.1, -0.05) is 42.5 Å². The Hall–Kier alpha value is -3.56. The van der Waals surface area contributed by atoms with Crippen LogP contribution in [0, 0.1) is 0 Å². The minimum atomic E-state index is -3.59. The Balaban J connectivity index is 1.31. The van der Waals surface area contributed by atoms with Crippen molar-refractivity contribution in [3.05, 3.63) is 79.3 Å². The number of fused-ring (bicyclic) bond motifs is 1. The first-order valence-corrected chi connectivity index (χ1v) is 11.8. The molecule has 0 unspecified atom stereocenters. The number of nitrogens with one attached hydrogen (secondary N) is 1. The molecule has 2 aromatic carbocycles. The van der Waals surface area contributed by atoms with Crippen LogP contribution in [0.2, 0.25) is 0 Å². The van der Waals surface area contributed by atoms with E-state index in [1.807, 2.05) is 54.6 Å². The molecule has 1 aliphatic rings. The van der Waals surface area contributed by atoms with Gasteiger partial charge in [0.05, 0.1) is 4.90 Å². The van der Waals surface area contributed by atoms with Crippen molar-refractivity contribution >= 4 is 38.2 Å². The molecule has 1 saturated heterocycles. The fourth-order valence-corrected chi connectivity index (χ4v) is 5.51. The predicted octanol–water partition coefficient (Wildman–Crippen LogP) is 3.28. The molecule has 0 atom stereocenters. The van der Waals surface area contributed by atoms with Gasteiger partial charge in [-0.3, -0.25) is 0 Å². The van der Waals surface area contributed by atoms with E-state index >= 15 is 0 Å². The van der Waals surface area contributed by atoms with E-state index in [0.29, 0.717) is 42.7 Å². The highest BCUT2D eigenvalue weighted by molar-refractivity contribution is 7.89. The second-order valence-corrected chi connectivity index (χ2v) is 9.38. The summed E-state index contributed by atoms with van der Waals surface area (Å²) in [6.07, 6.45) is 3.21. The average molecular weight is 447 g/mol. The Kier molecular flexibility index (Phi) is 5.42. The van der Waals surface area contributed by atoms with Crippen molar-refractivity contribution in [1.29, 1.82) is 0 Å². The van der Waals surface area contributed by atoms with Gasteiger partial charge in [-0.25, -0.2) is 23.4 Å². The van der Waals surface area contributed by atoms with Gasteiger partial charge in [-0.2, -0.15) is 4.31 Å². The molecular formula is C23H22N6O2S. The Labute approximate surface area is 186 Å². The van der Waals surface area contributed by atoms with Gasteiger partial charge in [0.15, 0.2) is 0 Å². The van der Waals surface area contributed by atoms with E-state index in [1.54, 1.807) is 22.6 Å². The van der Waals surface area contributed by atoms with Gasteiger partial charge in [0.25, 0.3) is 0 Å². The highest BCUT2D eigenvalue weighted by atomic mass is 32.2. The molecule has 32 heavy (non-hydrogen) atoms. The highest BCUT2D eigenvalue weighted by Gasteiger charge is 2.30. The van der Waals surface area contributed by atoms with E-state index in [9.17, 15) is 8.42 Å². The smallest absolute Gasteiger partial charge is 0.243 e. The fraction of sp³-hybridized carbons (Fsp3) is 0.174. The Morgan fingerprint density at radius 3 is 2.38 bits per heavy atom. The van der Waals surface area contributed by atoms with Crippen LogP contribution >= 0.6 is 0 Å². The number of sulfonamides is 1. The summed E-state index contributed by atoms with van der Waals surface area (Å²) in [5.74, 6) is 2.09. The van der Waals surface area contributed by atoms with Gasteiger partial charge in [0.1, 0.15) is 23.8 Å². The lowest BCUT2D eigenvalue weighted by Gasteiger charge is -2.34. The molecule has 0 aliphatic carbocycles. The van der Waals surface area contributed by atoms with E-state index in [-0.39, 0.29) is 0 Å². The zero-order valence-electron chi connectivity index (χ0n) is 17.3. The number of pyridine rings is 1. The first-order chi connectivity index (χ1) is 15.6. The molecule has 0 saturated carbocycles. The molecule has 3 heterocycles. The van der Waals surface area contributed by atoms with Gasteiger partial charge in [-0.15, -0.1) is 0 Å². The Morgan fingerprint density at radius 2 is 1.56 bits per heavy atom. The molecule has 0 radical (unpaired) electrons. The molecule has 2 aromatic heterocycles. The van der Waals surface area contributed by atoms with E-state index in [4.69, 9.17) is 0 Å². The third kappa shape index (κ3) is 4.00. The zero-order chi connectivity index (χ0) is 22.0. The van der Waals surface area contributed by atoms with Crippen LogP contribution in [0.15, 0.2) is 84.1 Å². The largest absolute Gasteiger partial charge is 0.354 e. The number of piperazine rings is 1. The molecule has 1 aliphatic heterocycles. The van der Waals surface area contributed by atoms with Crippen LogP contribution in [0.4, 0.5) is 17.5 Å². The number of rotatable bonds is 5. The molecule has 0 bridgehead atoms. The summed E-state index contributed by atoms with van der Waals surface area (Å²) in [5, 5.41) is 4.83. The molecule has 1 fully saturated rings. The first-order valence-electron chi connectivity index (χ1n) is 10.3. The molecule has 8 nitrogen and oxygen atoms in total. The molecule has 0 spiro atoms. The third-order valence-electron chi connectivity index (χ3n) is 5.50. The van der Waals surface area contributed by atoms with Crippen molar-refractivity contribution in [2.45, 2.75) is 4.90 Å². The fourth-order valence-electron chi connectivity index (χ4n) is 3.87. The monoisotopic (exact) mass is 446 g/mol. The molecule has 162 valence electrons. The van der Waals surface area contributed by atoms with Gasteiger partial charge >= 0.3 is 0 Å². The van der Waals surface area contributed by atoms with Crippen molar-refractivity contribution in [2.24, 2.45) is 0 Å². The van der Waals surface area contributed by atoms with Crippen LogP contribution in [0.3, 0.4) is 0 Å². The second kappa shape index (κ2) is 8.52. The maximum absolute atomic E-state index is 13.4. The number of benzene rings is 2. The second-order valence-electron chi connectivity index (χ2n) is 7.47. The van der Waals surface area contributed by atoms with E-state index in [0.717, 1.165) is 16.6 Å². The lowest BCUT2D eigenvalue weighted by Crippen LogP contribution is -2.49. The minimum absolute atomic E-state index is 0.355. The molecule has 4 aromatic rings. The summed E-state index contributed by atoms with van der Waals surface area (Å²) in [5.41, 5.74) is 0. The van der Waals surface area contributed by atoms with Gasteiger partial charge in [0.2, 0.25) is 10.0 Å². The molecular weight excluding hydrogens is 424 g/mol. The first kappa shape index (κ1) is 20.3. The lowest BCUT2D eigenvalue weighted by atomic mass is 10.1. The van der Waals surface area contributed by atoms with Crippen LogP contribution in [-0.4, -0.2) is 53.9 Å². The Bertz CT molecular complexity index is 1330. The zero-order valence-corrected chi connectivity index (χ0v) is 18.1. The topological polar surface area (TPSA) is 91.3 Å². The van der Waals surface area contributed by atoms with Crippen LogP contribution < -0.4 is 10.2 Å². The third-order valence-corrected chi connectivity index (χ3v) is 7.46. The summed E-state index contributed by atoms with van der Waals surface area (Å²) >= 11 is 0. The maximum atomic E-state index is 13.4.